The Morgan fingerprint density at radius 2 is 1.86 bits per heavy atom. The highest BCUT2D eigenvalue weighted by atomic mass is 32.1. The Morgan fingerprint density at radius 1 is 1.14 bits per heavy atom. The SMILES string of the molecule is Cc1c(C(=O)Nc2ccc(F)cc2)sc2c1C(c1ccccc1F)CC(=O)N2. The first-order valence-electron chi connectivity index (χ1n) is 8.68. The van der Waals surface area contributed by atoms with Crippen molar-refractivity contribution >= 4 is 33.8 Å². The van der Waals surface area contributed by atoms with Crippen LogP contribution in [-0.4, -0.2) is 11.8 Å². The average Bonchev–Trinajstić information content (AvgIpc) is 3.00. The third-order valence-corrected chi connectivity index (χ3v) is 6.00. The second kappa shape index (κ2) is 7.16. The number of amides is 2. The van der Waals surface area contributed by atoms with Gasteiger partial charge in [-0.2, -0.15) is 0 Å². The maximum atomic E-state index is 14.4. The van der Waals surface area contributed by atoms with E-state index in [4.69, 9.17) is 0 Å². The summed E-state index contributed by atoms with van der Waals surface area (Å²) < 4.78 is 27.4. The predicted molar refractivity (Wildman–Crippen MR) is 105 cm³/mol. The summed E-state index contributed by atoms with van der Waals surface area (Å²) in [6.07, 6.45) is 0.116. The quantitative estimate of drug-likeness (QED) is 0.648. The van der Waals surface area contributed by atoms with E-state index >= 15 is 0 Å². The summed E-state index contributed by atoms with van der Waals surface area (Å²) >= 11 is 1.16. The minimum Gasteiger partial charge on any atom is -0.321 e. The zero-order valence-electron chi connectivity index (χ0n) is 14.9. The molecule has 1 unspecified atom stereocenters. The Morgan fingerprint density at radius 3 is 2.57 bits per heavy atom. The van der Waals surface area contributed by atoms with E-state index in [0.29, 0.717) is 26.7 Å². The van der Waals surface area contributed by atoms with Crippen molar-refractivity contribution in [2.45, 2.75) is 19.3 Å². The van der Waals surface area contributed by atoms with Gasteiger partial charge in [-0.25, -0.2) is 8.78 Å². The van der Waals surface area contributed by atoms with Crippen molar-refractivity contribution in [1.29, 1.82) is 0 Å². The molecule has 1 atom stereocenters. The highest BCUT2D eigenvalue weighted by Gasteiger charge is 2.34. The topological polar surface area (TPSA) is 58.2 Å². The number of benzene rings is 2. The van der Waals surface area contributed by atoms with E-state index in [0.717, 1.165) is 16.9 Å². The molecule has 0 spiro atoms. The van der Waals surface area contributed by atoms with Gasteiger partial charge in [-0.05, 0) is 53.9 Å². The van der Waals surface area contributed by atoms with Gasteiger partial charge in [0.15, 0.2) is 0 Å². The van der Waals surface area contributed by atoms with E-state index in [1.54, 1.807) is 25.1 Å². The van der Waals surface area contributed by atoms with Gasteiger partial charge in [0.1, 0.15) is 11.6 Å². The van der Waals surface area contributed by atoms with E-state index in [9.17, 15) is 18.4 Å². The first-order chi connectivity index (χ1) is 13.4. The zero-order chi connectivity index (χ0) is 19.8. The Kier molecular flexibility index (Phi) is 4.68. The summed E-state index contributed by atoms with van der Waals surface area (Å²) in [5.74, 6) is -1.79. The molecule has 1 aliphatic rings. The van der Waals surface area contributed by atoms with Crippen molar-refractivity contribution in [1.82, 2.24) is 0 Å². The molecule has 7 heteroatoms. The summed E-state index contributed by atoms with van der Waals surface area (Å²) in [7, 11) is 0. The summed E-state index contributed by atoms with van der Waals surface area (Å²) in [5.41, 5.74) is 2.36. The fourth-order valence-electron chi connectivity index (χ4n) is 3.46. The minimum absolute atomic E-state index is 0.116. The number of carbonyl (C=O) groups is 2. The number of carbonyl (C=O) groups excluding carboxylic acids is 2. The normalized spacial score (nSPS) is 15.7. The molecule has 4 rings (SSSR count). The lowest BCUT2D eigenvalue weighted by molar-refractivity contribution is -0.116. The Bertz CT molecular complexity index is 1080. The van der Waals surface area contributed by atoms with Crippen LogP contribution in [0.5, 0.6) is 0 Å². The van der Waals surface area contributed by atoms with Gasteiger partial charge in [-0.1, -0.05) is 18.2 Å². The van der Waals surface area contributed by atoms with Gasteiger partial charge in [0, 0.05) is 18.0 Å². The number of hydrogen-bond donors (Lipinski definition) is 2. The number of halogens is 2. The molecule has 2 N–H and O–H groups in total. The molecule has 0 fully saturated rings. The number of anilines is 2. The largest absolute Gasteiger partial charge is 0.321 e. The molecule has 3 aromatic rings. The van der Waals surface area contributed by atoms with Crippen LogP contribution in [0.25, 0.3) is 0 Å². The van der Waals surface area contributed by atoms with Crippen LogP contribution in [0.15, 0.2) is 48.5 Å². The molecule has 0 saturated heterocycles. The van der Waals surface area contributed by atoms with Crippen LogP contribution in [0.3, 0.4) is 0 Å². The lowest BCUT2D eigenvalue weighted by Crippen LogP contribution is -2.23. The van der Waals surface area contributed by atoms with Gasteiger partial charge >= 0.3 is 0 Å². The van der Waals surface area contributed by atoms with Gasteiger partial charge in [0.05, 0.1) is 9.88 Å². The molecule has 0 bridgehead atoms. The minimum atomic E-state index is -0.450. The van der Waals surface area contributed by atoms with Crippen molar-refractivity contribution in [3.63, 3.8) is 0 Å². The standard InChI is InChI=1S/C21H16F2N2O2S/c1-11-18-15(14-4-2-3-5-16(14)23)10-17(26)25-21(18)28-19(11)20(27)24-13-8-6-12(22)7-9-13/h2-9,15H,10H2,1H3,(H,24,27)(H,25,26). The number of fused-ring (bicyclic) bond motifs is 1. The third kappa shape index (κ3) is 3.29. The van der Waals surface area contributed by atoms with E-state index in [2.05, 4.69) is 10.6 Å². The number of thiophene rings is 1. The van der Waals surface area contributed by atoms with Crippen LogP contribution in [0.2, 0.25) is 0 Å². The maximum Gasteiger partial charge on any atom is 0.266 e. The summed E-state index contributed by atoms with van der Waals surface area (Å²) in [6, 6.07) is 11.8. The van der Waals surface area contributed by atoms with Gasteiger partial charge in [0.25, 0.3) is 5.91 Å². The Labute approximate surface area is 164 Å². The van der Waals surface area contributed by atoms with Gasteiger partial charge in [-0.3, -0.25) is 9.59 Å². The van der Waals surface area contributed by atoms with Crippen molar-refractivity contribution in [3.05, 3.63) is 81.7 Å². The molecule has 2 aromatic carbocycles. The molecule has 1 aromatic heterocycles. The molecule has 0 radical (unpaired) electrons. The molecule has 2 amide bonds. The van der Waals surface area contributed by atoms with Crippen LogP contribution in [0, 0.1) is 18.6 Å². The van der Waals surface area contributed by atoms with Crippen molar-refractivity contribution in [2.75, 3.05) is 10.6 Å². The fourth-order valence-corrected chi connectivity index (χ4v) is 4.65. The second-order valence-corrected chi connectivity index (χ2v) is 7.61. The fraction of sp³-hybridized carbons (Fsp3) is 0.143. The Hall–Kier alpha value is -3.06. The average molecular weight is 398 g/mol. The van der Waals surface area contributed by atoms with Crippen molar-refractivity contribution < 1.29 is 18.4 Å². The summed E-state index contributed by atoms with van der Waals surface area (Å²) in [6.45, 7) is 1.79. The number of hydrogen-bond acceptors (Lipinski definition) is 3. The van der Waals surface area contributed by atoms with Gasteiger partial charge in [0.2, 0.25) is 5.91 Å². The van der Waals surface area contributed by atoms with Crippen molar-refractivity contribution in [2.24, 2.45) is 0 Å². The monoisotopic (exact) mass is 398 g/mol. The molecular weight excluding hydrogens is 382 g/mol. The smallest absolute Gasteiger partial charge is 0.266 e. The summed E-state index contributed by atoms with van der Waals surface area (Å²) in [5, 5.41) is 6.09. The van der Waals surface area contributed by atoms with Crippen LogP contribution >= 0.6 is 11.3 Å². The summed E-state index contributed by atoms with van der Waals surface area (Å²) in [4.78, 5) is 25.3. The number of nitrogens with one attached hydrogen (secondary N) is 2. The molecule has 28 heavy (non-hydrogen) atoms. The highest BCUT2D eigenvalue weighted by Crippen LogP contribution is 2.45. The van der Waals surface area contributed by atoms with Crippen LogP contribution in [-0.2, 0) is 4.79 Å². The molecule has 142 valence electrons. The molecule has 2 heterocycles. The van der Waals surface area contributed by atoms with Crippen LogP contribution in [0.1, 0.15) is 38.7 Å². The third-order valence-electron chi connectivity index (χ3n) is 4.77. The second-order valence-electron chi connectivity index (χ2n) is 6.59. The first kappa shape index (κ1) is 18.3. The van der Waals surface area contributed by atoms with Gasteiger partial charge in [-0.15, -0.1) is 11.3 Å². The lowest BCUT2D eigenvalue weighted by atomic mass is 9.84. The molecule has 0 saturated carbocycles. The van der Waals surface area contributed by atoms with E-state index in [1.165, 1.54) is 30.3 Å². The van der Waals surface area contributed by atoms with E-state index in [-0.39, 0.29) is 24.1 Å². The number of rotatable bonds is 3. The molecule has 1 aliphatic heterocycles. The maximum absolute atomic E-state index is 14.4. The Balaban J connectivity index is 1.72. The van der Waals surface area contributed by atoms with Gasteiger partial charge < -0.3 is 10.6 Å². The predicted octanol–water partition coefficient (Wildman–Crippen LogP) is 5.06. The molecule has 0 aliphatic carbocycles. The highest BCUT2D eigenvalue weighted by molar-refractivity contribution is 7.18. The van der Waals surface area contributed by atoms with Crippen LogP contribution in [0.4, 0.5) is 19.5 Å². The lowest BCUT2D eigenvalue weighted by Gasteiger charge is -2.24. The van der Waals surface area contributed by atoms with E-state index < -0.39 is 11.7 Å². The van der Waals surface area contributed by atoms with Crippen LogP contribution < -0.4 is 10.6 Å². The van der Waals surface area contributed by atoms with Crippen molar-refractivity contribution in [3.8, 4) is 0 Å². The molecule has 4 nitrogen and oxygen atoms in total. The van der Waals surface area contributed by atoms with E-state index in [1.807, 2.05) is 0 Å². The molecular formula is C21H16F2N2O2S. The zero-order valence-corrected chi connectivity index (χ0v) is 15.7. The first-order valence-corrected chi connectivity index (χ1v) is 9.50.